The fraction of sp³-hybridized carbons (Fsp3) is 0.875. The predicted octanol–water partition coefficient (Wildman–Crippen LogP) is 2.14. The summed E-state index contributed by atoms with van der Waals surface area (Å²) in [6.07, 6.45) is 4.35. The Morgan fingerprint density at radius 2 is 2.20 bits per heavy atom. The molecule has 1 nitrogen and oxygen atoms in total. The predicted molar refractivity (Wildman–Crippen MR) is 43.2 cm³/mol. The minimum atomic E-state index is 0.443. The van der Waals surface area contributed by atoms with Crippen molar-refractivity contribution in [3.63, 3.8) is 0 Å². The zero-order valence-corrected chi connectivity index (χ0v) is 7.43. The largest absolute Gasteiger partial charge is 0.299 e. The van der Waals surface area contributed by atoms with E-state index < -0.39 is 0 Å². The van der Waals surface area contributed by atoms with Gasteiger partial charge in [0.15, 0.2) is 0 Å². The number of carbonyl (C=O) groups is 1. The second kappa shape index (κ2) is 2.33. The zero-order valence-electron chi connectivity index (χ0n) is 5.85. The lowest BCUT2D eigenvalue weighted by atomic mass is 9.89. The number of fused-ring (bicyclic) bond motifs is 2. The van der Waals surface area contributed by atoms with E-state index in [4.69, 9.17) is 0 Å². The highest BCUT2D eigenvalue weighted by Crippen LogP contribution is 2.42. The lowest BCUT2D eigenvalue weighted by Crippen LogP contribution is -2.17. The standard InChI is InChI=1S/C8H11BrO/c9-7-2-1-5-3-6(7)4-8(5)10/h5-7H,1-4H2/t5-,6+,7-/m0/s1. The first kappa shape index (κ1) is 6.84. The molecule has 2 heteroatoms. The molecule has 2 bridgehead atoms. The van der Waals surface area contributed by atoms with Crippen molar-refractivity contribution in [2.45, 2.75) is 30.5 Å². The molecule has 2 aliphatic carbocycles. The molecule has 2 fully saturated rings. The number of rotatable bonds is 0. The van der Waals surface area contributed by atoms with E-state index in [0.29, 0.717) is 22.4 Å². The van der Waals surface area contributed by atoms with Crippen LogP contribution in [0, 0.1) is 11.8 Å². The van der Waals surface area contributed by atoms with Gasteiger partial charge >= 0.3 is 0 Å². The molecule has 0 amide bonds. The quantitative estimate of drug-likeness (QED) is 0.551. The highest BCUT2D eigenvalue weighted by molar-refractivity contribution is 9.09. The average Bonchev–Trinajstić information content (AvgIpc) is 2.21. The minimum Gasteiger partial charge on any atom is -0.299 e. The van der Waals surface area contributed by atoms with Gasteiger partial charge in [0.2, 0.25) is 0 Å². The molecule has 2 rings (SSSR count). The van der Waals surface area contributed by atoms with E-state index in [1.807, 2.05) is 0 Å². The smallest absolute Gasteiger partial charge is 0.136 e. The highest BCUT2D eigenvalue weighted by atomic mass is 79.9. The van der Waals surface area contributed by atoms with Crippen LogP contribution < -0.4 is 0 Å². The van der Waals surface area contributed by atoms with Crippen LogP contribution >= 0.6 is 15.9 Å². The number of carbonyl (C=O) groups excluding carboxylic acids is 1. The molecular formula is C8H11BrO. The van der Waals surface area contributed by atoms with Crippen molar-refractivity contribution in [3.8, 4) is 0 Å². The van der Waals surface area contributed by atoms with Crippen LogP contribution in [-0.4, -0.2) is 10.6 Å². The molecule has 2 saturated carbocycles. The van der Waals surface area contributed by atoms with Crippen LogP contribution in [0.2, 0.25) is 0 Å². The number of hydrogen-bond donors (Lipinski definition) is 0. The molecule has 0 aromatic rings. The Morgan fingerprint density at radius 3 is 2.90 bits per heavy atom. The van der Waals surface area contributed by atoms with E-state index >= 15 is 0 Å². The van der Waals surface area contributed by atoms with Crippen LogP contribution in [0.4, 0.5) is 0 Å². The van der Waals surface area contributed by atoms with Crippen molar-refractivity contribution in [1.29, 1.82) is 0 Å². The normalized spacial score (nSPS) is 46.1. The van der Waals surface area contributed by atoms with Gasteiger partial charge < -0.3 is 0 Å². The SMILES string of the molecule is O=C1C[C@H]2C[C@@H]1CC[C@@H]2Br. The lowest BCUT2D eigenvalue weighted by molar-refractivity contribution is -0.120. The molecule has 0 unspecified atom stereocenters. The fourth-order valence-corrected chi connectivity index (χ4v) is 2.82. The molecule has 10 heavy (non-hydrogen) atoms. The molecule has 0 aromatic heterocycles. The number of hydrogen-bond acceptors (Lipinski definition) is 1. The van der Waals surface area contributed by atoms with Gasteiger partial charge in [-0.25, -0.2) is 0 Å². The Bertz CT molecular complexity index is 167. The molecule has 0 aliphatic heterocycles. The maximum absolute atomic E-state index is 11.2. The maximum atomic E-state index is 11.2. The van der Waals surface area contributed by atoms with Crippen LogP contribution in [0.15, 0.2) is 0 Å². The van der Waals surface area contributed by atoms with Crippen molar-refractivity contribution >= 4 is 21.7 Å². The minimum absolute atomic E-state index is 0.443. The summed E-state index contributed by atoms with van der Waals surface area (Å²) >= 11 is 3.62. The first-order chi connectivity index (χ1) is 4.77. The first-order valence-electron chi connectivity index (χ1n) is 3.94. The van der Waals surface area contributed by atoms with Crippen molar-refractivity contribution < 1.29 is 4.79 Å². The van der Waals surface area contributed by atoms with E-state index in [1.165, 1.54) is 6.42 Å². The summed E-state index contributed by atoms with van der Waals surface area (Å²) in [5, 5.41) is 0. The molecule has 0 spiro atoms. The first-order valence-corrected chi connectivity index (χ1v) is 4.85. The Labute approximate surface area is 69.3 Å². The molecule has 0 radical (unpaired) electrons. The number of alkyl halides is 1. The maximum Gasteiger partial charge on any atom is 0.136 e. The van der Waals surface area contributed by atoms with Crippen LogP contribution in [0.3, 0.4) is 0 Å². The summed E-state index contributed by atoms with van der Waals surface area (Å²) in [6.45, 7) is 0. The molecule has 56 valence electrons. The van der Waals surface area contributed by atoms with E-state index in [9.17, 15) is 4.79 Å². The van der Waals surface area contributed by atoms with Crippen LogP contribution in [-0.2, 0) is 4.79 Å². The lowest BCUT2D eigenvalue weighted by Gasteiger charge is -2.22. The second-order valence-corrected chi connectivity index (χ2v) is 4.63. The number of halogens is 1. The van der Waals surface area contributed by atoms with Gasteiger partial charge in [-0.05, 0) is 25.2 Å². The molecule has 0 saturated heterocycles. The summed E-state index contributed by atoms with van der Waals surface area (Å²) in [5.41, 5.74) is 0. The molecule has 3 atom stereocenters. The summed E-state index contributed by atoms with van der Waals surface area (Å²) in [4.78, 5) is 11.8. The highest BCUT2D eigenvalue weighted by Gasteiger charge is 2.39. The number of Topliss-reactive ketones (excluding diaryl/α,β-unsaturated/α-hetero) is 1. The van der Waals surface area contributed by atoms with Gasteiger partial charge in [-0.2, -0.15) is 0 Å². The van der Waals surface area contributed by atoms with E-state index in [0.717, 1.165) is 19.3 Å². The summed E-state index contributed by atoms with van der Waals surface area (Å²) in [5.74, 6) is 1.64. The second-order valence-electron chi connectivity index (χ2n) is 3.46. The van der Waals surface area contributed by atoms with Crippen molar-refractivity contribution in [1.82, 2.24) is 0 Å². The third kappa shape index (κ3) is 0.931. The Balaban J connectivity index is 2.15. The third-order valence-corrected chi connectivity index (χ3v) is 4.01. The Kier molecular flexibility index (Phi) is 1.59. The molecule has 0 heterocycles. The third-order valence-electron chi connectivity index (χ3n) is 2.81. The van der Waals surface area contributed by atoms with Gasteiger partial charge in [0.25, 0.3) is 0 Å². The van der Waals surface area contributed by atoms with Gasteiger partial charge in [0.1, 0.15) is 5.78 Å². The van der Waals surface area contributed by atoms with Gasteiger partial charge in [0.05, 0.1) is 0 Å². The van der Waals surface area contributed by atoms with Gasteiger partial charge in [0, 0.05) is 17.2 Å². The molecular weight excluding hydrogens is 192 g/mol. The molecule has 0 aromatic carbocycles. The fourth-order valence-electron chi connectivity index (χ4n) is 2.16. The average molecular weight is 203 g/mol. The zero-order chi connectivity index (χ0) is 7.14. The van der Waals surface area contributed by atoms with Crippen molar-refractivity contribution in [2.75, 3.05) is 0 Å². The molecule has 2 aliphatic rings. The van der Waals surface area contributed by atoms with Crippen molar-refractivity contribution in [2.24, 2.45) is 11.8 Å². The summed E-state index contributed by atoms with van der Waals surface area (Å²) < 4.78 is 0. The summed E-state index contributed by atoms with van der Waals surface area (Å²) in [6, 6.07) is 0. The van der Waals surface area contributed by atoms with Gasteiger partial charge in [-0.15, -0.1) is 0 Å². The van der Waals surface area contributed by atoms with E-state index in [1.54, 1.807) is 0 Å². The monoisotopic (exact) mass is 202 g/mol. The van der Waals surface area contributed by atoms with E-state index in [-0.39, 0.29) is 0 Å². The van der Waals surface area contributed by atoms with Crippen LogP contribution in [0.1, 0.15) is 25.7 Å². The van der Waals surface area contributed by atoms with Gasteiger partial charge in [-0.3, -0.25) is 4.79 Å². The van der Waals surface area contributed by atoms with E-state index in [2.05, 4.69) is 15.9 Å². The van der Waals surface area contributed by atoms with Crippen LogP contribution in [0.25, 0.3) is 0 Å². The Morgan fingerprint density at radius 1 is 1.40 bits per heavy atom. The van der Waals surface area contributed by atoms with Gasteiger partial charge in [-0.1, -0.05) is 15.9 Å². The molecule has 0 N–H and O–H groups in total. The topological polar surface area (TPSA) is 17.1 Å². The van der Waals surface area contributed by atoms with Crippen LogP contribution in [0.5, 0.6) is 0 Å². The summed E-state index contributed by atoms with van der Waals surface area (Å²) in [7, 11) is 0. The Hall–Kier alpha value is 0.150. The number of ketones is 1. The van der Waals surface area contributed by atoms with Crippen molar-refractivity contribution in [3.05, 3.63) is 0 Å².